The Morgan fingerprint density at radius 2 is 1.95 bits per heavy atom. The van der Waals surface area contributed by atoms with Gasteiger partial charge in [0.1, 0.15) is 17.2 Å². The van der Waals surface area contributed by atoms with E-state index < -0.39 is 0 Å². The number of ether oxygens (including phenoxy) is 1. The summed E-state index contributed by atoms with van der Waals surface area (Å²) in [6.07, 6.45) is 3.48. The van der Waals surface area contributed by atoms with Crippen LogP contribution in [0, 0.1) is 6.92 Å². The fraction of sp³-hybridized carbons (Fsp3) is 0.733. The van der Waals surface area contributed by atoms with Crippen LogP contribution in [0.15, 0.2) is 0 Å². The van der Waals surface area contributed by atoms with Gasteiger partial charge in [-0.2, -0.15) is 4.98 Å². The lowest BCUT2D eigenvalue weighted by atomic mass is 10.2. The Labute approximate surface area is 116 Å². The van der Waals surface area contributed by atoms with Crippen molar-refractivity contribution in [1.82, 2.24) is 9.97 Å². The highest BCUT2D eigenvalue weighted by Gasteiger charge is 2.29. The van der Waals surface area contributed by atoms with Gasteiger partial charge in [0.2, 0.25) is 5.88 Å². The lowest BCUT2D eigenvalue weighted by molar-refractivity contribution is 0.122. The molecule has 0 saturated heterocycles. The molecule has 1 aromatic rings. The molecule has 1 aliphatic rings. The third kappa shape index (κ3) is 3.82. The van der Waals surface area contributed by atoms with Gasteiger partial charge in [-0.15, -0.1) is 0 Å². The van der Waals surface area contributed by atoms with Crippen LogP contribution in [-0.2, 0) is 0 Å². The fourth-order valence-electron chi connectivity index (χ4n) is 1.84. The van der Waals surface area contributed by atoms with Gasteiger partial charge in [-0.1, -0.05) is 6.92 Å². The van der Waals surface area contributed by atoms with E-state index in [1.165, 1.54) is 12.8 Å². The predicted molar refractivity (Wildman–Crippen MR) is 77.9 cm³/mol. The van der Waals surface area contributed by atoms with Crippen molar-refractivity contribution in [2.45, 2.75) is 65.4 Å². The molecule has 19 heavy (non-hydrogen) atoms. The molecular formula is C15H25N3O. The molecule has 0 radical (unpaired) electrons. The van der Waals surface area contributed by atoms with E-state index in [9.17, 15) is 0 Å². The van der Waals surface area contributed by atoms with Crippen LogP contribution < -0.4 is 10.1 Å². The van der Waals surface area contributed by atoms with Crippen molar-refractivity contribution < 1.29 is 4.74 Å². The maximum absolute atomic E-state index is 5.98. The molecule has 4 nitrogen and oxygen atoms in total. The number of hydrogen-bond acceptors (Lipinski definition) is 4. The van der Waals surface area contributed by atoms with Crippen molar-refractivity contribution >= 4 is 5.82 Å². The van der Waals surface area contributed by atoms with Crippen LogP contribution >= 0.6 is 0 Å². The van der Waals surface area contributed by atoms with Crippen molar-refractivity contribution in [2.75, 3.05) is 11.9 Å². The molecule has 1 heterocycles. The molecule has 106 valence electrons. The highest BCUT2D eigenvalue weighted by atomic mass is 16.5. The lowest BCUT2D eigenvalue weighted by Gasteiger charge is -2.23. The van der Waals surface area contributed by atoms with Gasteiger partial charge in [0.25, 0.3) is 0 Å². The fourth-order valence-corrected chi connectivity index (χ4v) is 1.84. The Balaban J connectivity index is 2.31. The van der Waals surface area contributed by atoms with Gasteiger partial charge in [0, 0.05) is 12.5 Å². The maximum atomic E-state index is 5.98. The third-order valence-electron chi connectivity index (χ3n) is 3.01. The molecular weight excluding hydrogens is 238 g/mol. The Kier molecular flexibility index (Phi) is 3.97. The molecule has 1 fully saturated rings. The predicted octanol–water partition coefficient (Wildman–Crippen LogP) is 3.66. The summed E-state index contributed by atoms with van der Waals surface area (Å²) in [5.74, 6) is 3.12. The van der Waals surface area contributed by atoms with E-state index in [1.54, 1.807) is 0 Å². The molecule has 0 aromatic carbocycles. The molecule has 0 aliphatic heterocycles. The van der Waals surface area contributed by atoms with E-state index in [4.69, 9.17) is 4.74 Å². The van der Waals surface area contributed by atoms with E-state index in [1.807, 2.05) is 27.7 Å². The number of nitrogens with one attached hydrogen (secondary N) is 1. The molecule has 1 aliphatic carbocycles. The zero-order valence-corrected chi connectivity index (χ0v) is 12.7. The van der Waals surface area contributed by atoms with Crippen molar-refractivity contribution in [1.29, 1.82) is 0 Å². The summed E-state index contributed by atoms with van der Waals surface area (Å²) >= 11 is 0. The topological polar surface area (TPSA) is 47.0 Å². The Morgan fingerprint density at radius 1 is 1.26 bits per heavy atom. The van der Waals surface area contributed by atoms with Crippen LogP contribution in [0.25, 0.3) is 0 Å². The van der Waals surface area contributed by atoms with Crippen LogP contribution in [0.5, 0.6) is 5.88 Å². The minimum absolute atomic E-state index is 0.234. The largest absolute Gasteiger partial charge is 0.472 e. The molecule has 0 atom stereocenters. The number of nitrogens with zero attached hydrogens (tertiary/aromatic N) is 2. The van der Waals surface area contributed by atoms with E-state index in [2.05, 4.69) is 22.2 Å². The van der Waals surface area contributed by atoms with Crippen molar-refractivity contribution in [3.63, 3.8) is 0 Å². The van der Waals surface area contributed by atoms with Crippen molar-refractivity contribution in [3.05, 3.63) is 11.4 Å². The Bertz CT molecular complexity index is 447. The second kappa shape index (κ2) is 5.35. The van der Waals surface area contributed by atoms with E-state index in [0.29, 0.717) is 5.92 Å². The number of aromatic nitrogens is 2. The summed E-state index contributed by atoms with van der Waals surface area (Å²) in [7, 11) is 0. The second-order valence-electron chi connectivity index (χ2n) is 6.28. The van der Waals surface area contributed by atoms with Gasteiger partial charge < -0.3 is 10.1 Å². The van der Waals surface area contributed by atoms with E-state index in [-0.39, 0.29) is 5.60 Å². The van der Waals surface area contributed by atoms with Crippen molar-refractivity contribution in [3.8, 4) is 5.88 Å². The molecule has 2 rings (SSSR count). The monoisotopic (exact) mass is 263 g/mol. The van der Waals surface area contributed by atoms with E-state index >= 15 is 0 Å². The Hall–Kier alpha value is -1.32. The lowest BCUT2D eigenvalue weighted by Crippen LogP contribution is -2.25. The molecule has 0 amide bonds. The highest BCUT2D eigenvalue weighted by molar-refractivity contribution is 5.49. The summed E-state index contributed by atoms with van der Waals surface area (Å²) in [6.45, 7) is 11.2. The van der Waals surface area contributed by atoms with Crippen LogP contribution in [0.4, 0.5) is 5.82 Å². The second-order valence-corrected chi connectivity index (χ2v) is 6.28. The first-order chi connectivity index (χ1) is 8.90. The van der Waals surface area contributed by atoms with Crippen LogP contribution in [0.3, 0.4) is 0 Å². The molecule has 0 bridgehead atoms. The van der Waals surface area contributed by atoms with Gasteiger partial charge in [0.05, 0.1) is 5.56 Å². The summed E-state index contributed by atoms with van der Waals surface area (Å²) in [4.78, 5) is 9.28. The summed E-state index contributed by atoms with van der Waals surface area (Å²) in [6, 6.07) is 0. The minimum atomic E-state index is -0.234. The quantitative estimate of drug-likeness (QED) is 0.880. The highest BCUT2D eigenvalue weighted by Crippen LogP contribution is 2.40. The van der Waals surface area contributed by atoms with E-state index in [0.717, 1.165) is 36.1 Å². The average Bonchev–Trinajstić information content (AvgIpc) is 3.12. The maximum Gasteiger partial charge on any atom is 0.222 e. The van der Waals surface area contributed by atoms with Crippen molar-refractivity contribution in [2.24, 2.45) is 0 Å². The number of hydrogen-bond donors (Lipinski definition) is 1. The van der Waals surface area contributed by atoms with Crippen LogP contribution in [-0.4, -0.2) is 22.1 Å². The summed E-state index contributed by atoms with van der Waals surface area (Å²) in [5.41, 5.74) is 0.773. The average molecular weight is 263 g/mol. The van der Waals surface area contributed by atoms with Gasteiger partial charge in [0.15, 0.2) is 0 Å². The summed E-state index contributed by atoms with van der Waals surface area (Å²) in [5, 5.41) is 3.38. The van der Waals surface area contributed by atoms with Gasteiger partial charge in [-0.3, -0.25) is 0 Å². The zero-order valence-electron chi connectivity index (χ0n) is 12.7. The Morgan fingerprint density at radius 3 is 2.47 bits per heavy atom. The minimum Gasteiger partial charge on any atom is -0.472 e. The van der Waals surface area contributed by atoms with Crippen LogP contribution in [0.1, 0.15) is 64.3 Å². The molecule has 1 N–H and O–H groups in total. The SMILES string of the molecule is CCCNc1nc(C2CC2)nc(OC(C)(C)C)c1C. The van der Waals surface area contributed by atoms with Gasteiger partial charge in [-0.05, 0) is 47.0 Å². The third-order valence-corrected chi connectivity index (χ3v) is 3.01. The molecule has 0 unspecified atom stereocenters. The standard InChI is InChI=1S/C15H25N3O/c1-6-9-16-12-10(2)14(19-15(3,4)5)18-13(17-12)11-7-8-11/h11H,6-9H2,1-5H3,(H,16,17,18). The first-order valence-corrected chi connectivity index (χ1v) is 7.22. The normalized spacial score (nSPS) is 15.4. The number of anilines is 1. The smallest absolute Gasteiger partial charge is 0.222 e. The molecule has 1 aromatic heterocycles. The first-order valence-electron chi connectivity index (χ1n) is 7.22. The van der Waals surface area contributed by atoms with Crippen LogP contribution in [0.2, 0.25) is 0 Å². The van der Waals surface area contributed by atoms with Gasteiger partial charge in [-0.25, -0.2) is 4.98 Å². The molecule has 4 heteroatoms. The number of rotatable bonds is 5. The molecule has 0 spiro atoms. The zero-order chi connectivity index (χ0) is 14.0. The molecule has 1 saturated carbocycles. The summed E-state index contributed by atoms with van der Waals surface area (Å²) < 4.78 is 5.98. The first kappa shape index (κ1) is 14.1. The van der Waals surface area contributed by atoms with Gasteiger partial charge >= 0.3 is 0 Å².